The molecule has 10 heteroatoms. The fourth-order valence-electron chi connectivity index (χ4n) is 2.79. The average Bonchev–Trinajstić information content (AvgIpc) is 3.15. The van der Waals surface area contributed by atoms with Crippen LogP contribution in [0, 0.1) is 5.82 Å². The van der Waals surface area contributed by atoms with Crippen molar-refractivity contribution in [3.8, 4) is 11.4 Å². The number of aromatic nitrogens is 4. The lowest BCUT2D eigenvalue weighted by Gasteiger charge is -2.11. The molecule has 0 spiro atoms. The second kappa shape index (κ2) is 7.36. The SMILES string of the molecule is COc1ccc(Cl)cc1C(=O)Nn1cnc2c(cnn2-c2ccc(F)cc2)c1=O. The number of carbonyl (C=O) groups is 1. The molecule has 0 aliphatic carbocycles. The Labute approximate surface area is 168 Å². The van der Waals surface area contributed by atoms with Gasteiger partial charge in [-0.2, -0.15) is 5.10 Å². The number of nitrogens with zero attached hydrogens (tertiary/aromatic N) is 4. The summed E-state index contributed by atoms with van der Waals surface area (Å²) in [4.78, 5) is 29.6. The van der Waals surface area contributed by atoms with Crippen molar-refractivity contribution in [2.24, 2.45) is 0 Å². The van der Waals surface area contributed by atoms with E-state index in [1.165, 1.54) is 54.6 Å². The first-order valence-electron chi connectivity index (χ1n) is 8.34. The number of carbonyl (C=O) groups excluding carboxylic acids is 1. The average molecular weight is 414 g/mol. The molecular formula is C19H13ClFN5O3. The van der Waals surface area contributed by atoms with E-state index in [0.29, 0.717) is 16.5 Å². The highest BCUT2D eigenvalue weighted by atomic mass is 35.5. The van der Waals surface area contributed by atoms with E-state index in [4.69, 9.17) is 16.3 Å². The topological polar surface area (TPSA) is 91.0 Å². The summed E-state index contributed by atoms with van der Waals surface area (Å²) in [5.41, 5.74) is 2.90. The smallest absolute Gasteiger partial charge is 0.283 e. The minimum Gasteiger partial charge on any atom is -0.496 e. The maximum Gasteiger partial charge on any atom is 0.283 e. The number of nitrogens with one attached hydrogen (secondary N) is 1. The van der Waals surface area contributed by atoms with Crippen LogP contribution in [0.1, 0.15) is 10.4 Å². The van der Waals surface area contributed by atoms with Crippen LogP contribution in [0.2, 0.25) is 5.02 Å². The zero-order valence-electron chi connectivity index (χ0n) is 15.0. The van der Waals surface area contributed by atoms with E-state index < -0.39 is 11.5 Å². The summed E-state index contributed by atoms with van der Waals surface area (Å²) in [6, 6.07) is 10.2. The van der Waals surface area contributed by atoms with Gasteiger partial charge in [-0.25, -0.2) is 18.7 Å². The maximum absolute atomic E-state index is 13.1. The Bertz CT molecular complexity index is 1280. The molecule has 0 aliphatic heterocycles. The predicted octanol–water partition coefficient (Wildman–Crippen LogP) is 2.77. The number of benzene rings is 2. The third-order valence-electron chi connectivity index (χ3n) is 4.19. The molecule has 0 aliphatic rings. The molecule has 4 rings (SSSR count). The molecule has 0 bridgehead atoms. The highest BCUT2D eigenvalue weighted by molar-refractivity contribution is 6.31. The van der Waals surface area contributed by atoms with Crippen LogP contribution in [0.3, 0.4) is 0 Å². The molecular weight excluding hydrogens is 401 g/mol. The highest BCUT2D eigenvalue weighted by Crippen LogP contribution is 2.22. The molecule has 1 amide bonds. The van der Waals surface area contributed by atoms with E-state index in [-0.39, 0.29) is 22.4 Å². The Kier molecular flexibility index (Phi) is 4.73. The van der Waals surface area contributed by atoms with Gasteiger partial charge in [-0.05, 0) is 42.5 Å². The monoisotopic (exact) mass is 413 g/mol. The first-order chi connectivity index (χ1) is 14.0. The normalized spacial score (nSPS) is 10.9. The summed E-state index contributed by atoms with van der Waals surface area (Å²) < 4.78 is 20.7. The third-order valence-corrected chi connectivity index (χ3v) is 4.42. The van der Waals surface area contributed by atoms with Crippen LogP contribution in [0.5, 0.6) is 5.75 Å². The zero-order valence-corrected chi connectivity index (χ0v) is 15.7. The Balaban J connectivity index is 1.70. The molecule has 0 fully saturated rings. The molecule has 146 valence electrons. The van der Waals surface area contributed by atoms with Crippen LogP contribution in [0.15, 0.2) is 59.8 Å². The quantitative estimate of drug-likeness (QED) is 0.555. The minimum absolute atomic E-state index is 0.161. The molecule has 0 radical (unpaired) electrons. The number of fused-ring (bicyclic) bond motifs is 1. The van der Waals surface area contributed by atoms with Gasteiger partial charge >= 0.3 is 0 Å². The van der Waals surface area contributed by atoms with Gasteiger partial charge in [0.2, 0.25) is 0 Å². The molecule has 0 saturated heterocycles. The predicted molar refractivity (Wildman–Crippen MR) is 105 cm³/mol. The van der Waals surface area contributed by atoms with Gasteiger partial charge in [-0.1, -0.05) is 11.6 Å². The second-order valence-electron chi connectivity index (χ2n) is 5.98. The Morgan fingerprint density at radius 1 is 1.21 bits per heavy atom. The fourth-order valence-corrected chi connectivity index (χ4v) is 2.96. The van der Waals surface area contributed by atoms with E-state index in [0.717, 1.165) is 4.68 Å². The molecule has 4 aromatic rings. The zero-order chi connectivity index (χ0) is 20.5. The number of rotatable bonds is 4. The lowest BCUT2D eigenvalue weighted by Crippen LogP contribution is -2.33. The van der Waals surface area contributed by atoms with Gasteiger partial charge < -0.3 is 4.74 Å². The Hall–Kier alpha value is -3.72. The number of amides is 1. The summed E-state index contributed by atoms with van der Waals surface area (Å²) in [6.07, 6.45) is 2.50. The van der Waals surface area contributed by atoms with Crippen molar-refractivity contribution in [1.29, 1.82) is 0 Å². The van der Waals surface area contributed by atoms with E-state index in [2.05, 4.69) is 15.5 Å². The summed E-state index contributed by atoms with van der Waals surface area (Å²) in [5, 5.41) is 4.66. The first kappa shape index (κ1) is 18.6. The van der Waals surface area contributed by atoms with E-state index >= 15 is 0 Å². The largest absolute Gasteiger partial charge is 0.496 e. The van der Waals surface area contributed by atoms with Gasteiger partial charge in [0.1, 0.15) is 23.3 Å². The van der Waals surface area contributed by atoms with Crippen LogP contribution in [0.25, 0.3) is 16.7 Å². The Morgan fingerprint density at radius 3 is 2.69 bits per heavy atom. The Morgan fingerprint density at radius 2 is 1.97 bits per heavy atom. The third kappa shape index (κ3) is 3.43. The van der Waals surface area contributed by atoms with Crippen LogP contribution in [-0.2, 0) is 0 Å². The van der Waals surface area contributed by atoms with Crippen LogP contribution >= 0.6 is 11.6 Å². The van der Waals surface area contributed by atoms with E-state index in [1.807, 2.05) is 0 Å². The minimum atomic E-state index is -0.599. The molecule has 0 unspecified atom stereocenters. The van der Waals surface area contributed by atoms with Crippen LogP contribution in [0.4, 0.5) is 4.39 Å². The fraction of sp³-hybridized carbons (Fsp3) is 0.0526. The van der Waals surface area contributed by atoms with Crippen molar-refractivity contribution < 1.29 is 13.9 Å². The number of methoxy groups -OCH3 is 1. The molecule has 29 heavy (non-hydrogen) atoms. The van der Waals surface area contributed by atoms with Crippen molar-refractivity contribution in [3.05, 3.63) is 81.7 Å². The number of hydrogen-bond acceptors (Lipinski definition) is 5. The van der Waals surface area contributed by atoms with Crippen molar-refractivity contribution in [3.63, 3.8) is 0 Å². The van der Waals surface area contributed by atoms with Gasteiger partial charge in [0.05, 0.1) is 24.6 Å². The van der Waals surface area contributed by atoms with Gasteiger partial charge in [-0.3, -0.25) is 15.0 Å². The first-order valence-corrected chi connectivity index (χ1v) is 8.72. The van der Waals surface area contributed by atoms with Crippen molar-refractivity contribution in [2.75, 3.05) is 12.5 Å². The highest BCUT2D eigenvalue weighted by Gasteiger charge is 2.16. The van der Waals surface area contributed by atoms with Crippen LogP contribution in [-0.4, -0.2) is 32.5 Å². The standard InChI is InChI=1S/C19H13ClFN5O3/c1-29-16-7-2-11(20)8-14(16)18(27)24-25-10-22-17-15(19(25)28)9-23-26(17)13-5-3-12(21)4-6-13/h2-10H,1H3,(H,24,27). The number of ether oxygens (including phenoxy) is 1. The van der Waals surface area contributed by atoms with E-state index in [1.54, 1.807) is 12.1 Å². The van der Waals surface area contributed by atoms with Crippen molar-refractivity contribution in [2.45, 2.75) is 0 Å². The number of halogens is 2. The molecule has 0 saturated carbocycles. The van der Waals surface area contributed by atoms with Gasteiger partial charge in [-0.15, -0.1) is 0 Å². The summed E-state index contributed by atoms with van der Waals surface area (Å²) in [6.45, 7) is 0. The molecule has 1 N–H and O–H groups in total. The van der Waals surface area contributed by atoms with Crippen molar-refractivity contribution in [1.82, 2.24) is 19.4 Å². The lowest BCUT2D eigenvalue weighted by molar-refractivity contribution is 0.100. The lowest BCUT2D eigenvalue weighted by atomic mass is 10.2. The van der Waals surface area contributed by atoms with Gasteiger partial charge in [0.25, 0.3) is 11.5 Å². The number of hydrogen-bond donors (Lipinski definition) is 1. The second-order valence-corrected chi connectivity index (χ2v) is 6.41. The molecule has 2 heterocycles. The van der Waals surface area contributed by atoms with Crippen molar-refractivity contribution >= 4 is 28.5 Å². The summed E-state index contributed by atoms with van der Waals surface area (Å²) >= 11 is 5.95. The summed E-state index contributed by atoms with van der Waals surface area (Å²) in [5.74, 6) is -0.684. The molecule has 8 nitrogen and oxygen atoms in total. The summed E-state index contributed by atoms with van der Waals surface area (Å²) in [7, 11) is 1.42. The van der Waals surface area contributed by atoms with Crippen LogP contribution < -0.4 is 15.7 Å². The molecule has 2 aromatic carbocycles. The maximum atomic E-state index is 13.1. The van der Waals surface area contributed by atoms with E-state index in [9.17, 15) is 14.0 Å². The van der Waals surface area contributed by atoms with Gasteiger partial charge in [0.15, 0.2) is 5.65 Å². The molecule has 0 atom stereocenters. The van der Waals surface area contributed by atoms with Gasteiger partial charge in [0, 0.05) is 5.02 Å². The molecule has 2 aromatic heterocycles.